The number of ether oxygens (including phenoxy) is 2. The monoisotopic (exact) mass is 494 g/mol. The third kappa shape index (κ3) is 5.76. The zero-order valence-corrected chi connectivity index (χ0v) is 20.2. The molecule has 1 aromatic carbocycles. The van der Waals surface area contributed by atoms with Gasteiger partial charge in [0.05, 0.1) is 29.8 Å². The average molecular weight is 495 g/mol. The number of aromatic hydroxyl groups is 1. The first-order valence-electron chi connectivity index (χ1n) is 10.9. The van der Waals surface area contributed by atoms with Crippen LogP contribution in [0.4, 0.5) is 0 Å². The van der Waals surface area contributed by atoms with Gasteiger partial charge in [-0.2, -0.15) is 5.10 Å². The fourth-order valence-electron chi connectivity index (χ4n) is 3.47. The molecule has 0 fully saturated rings. The molecule has 1 amide bonds. The van der Waals surface area contributed by atoms with E-state index in [1.165, 1.54) is 37.5 Å². The maximum atomic E-state index is 12.8. The number of pyridine rings is 1. The van der Waals surface area contributed by atoms with Crippen molar-refractivity contribution in [2.75, 3.05) is 6.79 Å². The second-order valence-electron chi connectivity index (χ2n) is 7.86. The number of aliphatic hydroxyl groups excluding tert-OH is 1. The van der Waals surface area contributed by atoms with Crippen LogP contribution in [0.25, 0.3) is 5.69 Å². The summed E-state index contributed by atoms with van der Waals surface area (Å²) in [4.78, 5) is 40.5. The Hall–Kier alpha value is -4.51. The Balaban J connectivity index is 1.90. The lowest BCUT2D eigenvalue weighted by Crippen LogP contribution is -2.20. The molecule has 36 heavy (non-hydrogen) atoms. The van der Waals surface area contributed by atoms with Crippen molar-refractivity contribution < 1.29 is 34.1 Å². The van der Waals surface area contributed by atoms with Crippen molar-refractivity contribution in [3.05, 3.63) is 75.9 Å². The standard InChI is InChI=1S/C25H26N4O7/c1-14-5-6-15(2)29(14)22-9-18(7-8-20(22)25(34)36-13-35-17(4)31)24(33)28-27-11-21-19(12-30)10-26-16(3)23(21)32/h5-11,30,32H,12-13H2,1-4H3,(H,28,33)/b27-11+. The van der Waals surface area contributed by atoms with Gasteiger partial charge >= 0.3 is 11.9 Å². The largest absolute Gasteiger partial charge is 0.505 e. The van der Waals surface area contributed by atoms with Crippen LogP contribution in [0.15, 0.2) is 41.6 Å². The molecule has 0 unspecified atom stereocenters. The molecule has 11 nitrogen and oxygen atoms in total. The minimum absolute atomic E-state index is 0.156. The SMILES string of the molecule is CC(=O)OCOC(=O)c1ccc(C(=O)N/N=C/c2c(CO)cnc(C)c2O)cc1-n1c(C)ccc1C. The van der Waals surface area contributed by atoms with E-state index in [0.717, 1.165) is 11.4 Å². The van der Waals surface area contributed by atoms with E-state index in [9.17, 15) is 24.6 Å². The molecule has 0 radical (unpaired) electrons. The van der Waals surface area contributed by atoms with Crippen molar-refractivity contribution in [1.29, 1.82) is 0 Å². The van der Waals surface area contributed by atoms with Crippen molar-refractivity contribution in [3.63, 3.8) is 0 Å². The number of hydrogen-bond donors (Lipinski definition) is 3. The lowest BCUT2D eigenvalue weighted by molar-refractivity contribution is -0.149. The van der Waals surface area contributed by atoms with E-state index in [1.54, 1.807) is 11.5 Å². The molecule has 3 N–H and O–H groups in total. The number of carbonyl (C=O) groups is 3. The second-order valence-corrected chi connectivity index (χ2v) is 7.86. The number of carbonyl (C=O) groups excluding carboxylic acids is 3. The molecule has 0 bridgehead atoms. The van der Waals surface area contributed by atoms with Crippen LogP contribution in [0.1, 0.15) is 55.8 Å². The summed E-state index contributed by atoms with van der Waals surface area (Å²) in [5, 5.41) is 23.6. The maximum Gasteiger partial charge on any atom is 0.343 e. The number of hydrogen-bond acceptors (Lipinski definition) is 9. The van der Waals surface area contributed by atoms with Gasteiger partial charge in [0.25, 0.3) is 5.91 Å². The van der Waals surface area contributed by atoms with Crippen LogP contribution in [0.2, 0.25) is 0 Å². The molecule has 0 aliphatic heterocycles. The first kappa shape index (κ1) is 26.1. The number of nitrogens with zero attached hydrogens (tertiary/aromatic N) is 3. The van der Waals surface area contributed by atoms with Crippen LogP contribution in [0, 0.1) is 20.8 Å². The molecule has 0 atom stereocenters. The number of nitrogens with one attached hydrogen (secondary N) is 1. The van der Waals surface area contributed by atoms with E-state index in [2.05, 4.69) is 20.2 Å². The molecule has 11 heteroatoms. The molecule has 0 saturated heterocycles. The van der Waals surface area contributed by atoms with Gasteiger partial charge < -0.3 is 24.3 Å². The zero-order valence-electron chi connectivity index (χ0n) is 20.2. The normalized spacial score (nSPS) is 10.9. The Kier molecular flexibility index (Phi) is 8.18. The predicted molar refractivity (Wildman–Crippen MR) is 129 cm³/mol. The van der Waals surface area contributed by atoms with Crippen molar-refractivity contribution in [2.45, 2.75) is 34.3 Å². The van der Waals surface area contributed by atoms with Crippen LogP contribution in [0.3, 0.4) is 0 Å². The van der Waals surface area contributed by atoms with Crippen LogP contribution < -0.4 is 5.43 Å². The molecule has 0 aliphatic carbocycles. The fourth-order valence-corrected chi connectivity index (χ4v) is 3.47. The molecule has 2 heterocycles. The van der Waals surface area contributed by atoms with Gasteiger partial charge in [0, 0.05) is 41.2 Å². The Labute approximate surface area is 207 Å². The first-order chi connectivity index (χ1) is 17.1. The highest BCUT2D eigenvalue weighted by Gasteiger charge is 2.19. The van der Waals surface area contributed by atoms with Crippen molar-refractivity contribution >= 4 is 24.1 Å². The van der Waals surface area contributed by atoms with Gasteiger partial charge in [-0.15, -0.1) is 0 Å². The number of aliphatic hydroxyl groups is 1. The van der Waals surface area contributed by atoms with E-state index < -0.39 is 24.6 Å². The van der Waals surface area contributed by atoms with E-state index in [4.69, 9.17) is 4.74 Å². The van der Waals surface area contributed by atoms with Crippen molar-refractivity contribution in [3.8, 4) is 11.4 Å². The van der Waals surface area contributed by atoms with Gasteiger partial charge in [0.15, 0.2) is 0 Å². The van der Waals surface area contributed by atoms with Gasteiger partial charge in [0.2, 0.25) is 6.79 Å². The molecule has 0 spiro atoms. The molecule has 0 saturated carbocycles. The number of aryl methyl sites for hydroxylation is 3. The highest BCUT2D eigenvalue weighted by atomic mass is 16.7. The van der Waals surface area contributed by atoms with Gasteiger partial charge in [-0.1, -0.05) is 0 Å². The Morgan fingerprint density at radius 1 is 1.11 bits per heavy atom. The number of amides is 1. The zero-order chi connectivity index (χ0) is 26.4. The minimum Gasteiger partial charge on any atom is -0.505 e. The lowest BCUT2D eigenvalue weighted by Gasteiger charge is -2.15. The summed E-state index contributed by atoms with van der Waals surface area (Å²) in [6.45, 7) is 5.58. The van der Waals surface area contributed by atoms with Crippen LogP contribution >= 0.6 is 0 Å². The number of aromatic nitrogens is 2. The Morgan fingerprint density at radius 2 is 1.81 bits per heavy atom. The Bertz CT molecular complexity index is 1320. The summed E-state index contributed by atoms with van der Waals surface area (Å²) in [5.74, 6) is -2.06. The second kappa shape index (κ2) is 11.3. The van der Waals surface area contributed by atoms with E-state index in [1.807, 2.05) is 26.0 Å². The topological polar surface area (TPSA) is 152 Å². The molecule has 0 aliphatic rings. The summed E-state index contributed by atoms with van der Waals surface area (Å²) >= 11 is 0. The quantitative estimate of drug-likeness (QED) is 0.187. The summed E-state index contributed by atoms with van der Waals surface area (Å²) < 4.78 is 11.5. The molecular formula is C25H26N4O7. The van der Waals surface area contributed by atoms with Crippen LogP contribution in [-0.2, 0) is 20.9 Å². The highest BCUT2D eigenvalue weighted by molar-refractivity contribution is 5.99. The van der Waals surface area contributed by atoms with Crippen LogP contribution in [0.5, 0.6) is 5.75 Å². The summed E-state index contributed by atoms with van der Waals surface area (Å²) in [5.41, 5.74) is 5.68. The van der Waals surface area contributed by atoms with Crippen molar-refractivity contribution in [2.24, 2.45) is 5.10 Å². The molecule has 3 rings (SSSR count). The Morgan fingerprint density at radius 3 is 2.44 bits per heavy atom. The highest BCUT2D eigenvalue weighted by Crippen LogP contribution is 2.24. The van der Waals surface area contributed by atoms with Gasteiger partial charge in [0.1, 0.15) is 5.75 Å². The fraction of sp³-hybridized carbons (Fsp3) is 0.240. The number of hydrazone groups is 1. The van der Waals surface area contributed by atoms with Crippen LogP contribution in [-0.4, -0.2) is 50.6 Å². The van der Waals surface area contributed by atoms with Gasteiger partial charge in [-0.25, -0.2) is 10.2 Å². The smallest absolute Gasteiger partial charge is 0.343 e. The molecule has 2 aromatic heterocycles. The van der Waals surface area contributed by atoms with E-state index >= 15 is 0 Å². The van der Waals surface area contributed by atoms with Gasteiger partial charge in [-0.3, -0.25) is 14.6 Å². The molecule has 3 aromatic rings. The van der Waals surface area contributed by atoms with Crippen molar-refractivity contribution in [1.82, 2.24) is 15.0 Å². The predicted octanol–water partition coefficient (Wildman–Crippen LogP) is 2.44. The minimum atomic E-state index is -0.733. The number of rotatable bonds is 8. The number of benzene rings is 1. The maximum absolute atomic E-state index is 12.8. The lowest BCUT2D eigenvalue weighted by atomic mass is 10.1. The summed E-state index contributed by atoms with van der Waals surface area (Å²) in [7, 11) is 0. The summed E-state index contributed by atoms with van der Waals surface area (Å²) in [6.07, 6.45) is 2.63. The third-order valence-corrected chi connectivity index (χ3v) is 5.33. The number of esters is 2. The van der Waals surface area contributed by atoms with E-state index in [0.29, 0.717) is 16.9 Å². The summed E-state index contributed by atoms with van der Waals surface area (Å²) in [6, 6.07) is 8.11. The first-order valence-corrected chi connectivity index (χ1v) is 10.9. The molecular weight excluding hydrogens is 468 g/mol. The molecule has 188 valence electrons. The van der Waals surface area contributed by atoms with E-state index in [-0.39, 0.29) is 29.0 Å². The average Bonchev–Trinajstić information content (AvgIpc) is 3.18. The van der Waals surface area contributed by atoms with Gasteiger partial charge in [-0.05, 0) is 51.1 Å². The third-order valence-electron chi connectivity index (χ3n) is 5.33.